The lowest BCUT2D eigenvalue weighted by molar-refractivity contribution is -0.137. The maximum absolute atomic E-state index is 14.3. The van der Waals surface area contributed by atoms with Gasteiger partial charge in [-0.2, -0.15) is 30.7 Å². The molecule has 4 heterocycles. The Morgan fingerprint density at radius 2 is 1.00 bits per heavy atom. The minimum Gasteiger partial charge on any atom is -0.495 e. The number of nitrogens with zero attached hydrogens (tertiary/aromatic N) is 2. The number of hydrogen-bond acceptors (Lipinski definition) is 3. The fourth-order valence-corrected chi connectivity index (χ4v) is 6.64. The maximum Gasteiger partial charge on any atom is 0.418 e. The van der Waals surface area contributed by atoms with Crippen molar-refractivity contribution < 1.29 is 62.6 Å². The highest BCUT2D eigenvalue weighted by atomic mass is 19.4. The number of fused-ring (bicyclic) bond motifs is 2. The lowest BCUT2D eigenvalue weighted by Gasteiger charge is -2.12. The van der Waals surface area contributed by atoms with E-state index in [-0.39, 0.29) is 33.7 Å². The first-order valence-corrected chi connectivity index (χ1v) is 18.2. The van der Waals surface area contributed by atoms with E-state index in [1.165, 1.54) is 96.6 Å². The van der Waals surface area contributed by atoms with Gasteiger partial charge in [-0.15, -0.1) is 0 Å². The first kappa shape index (κ1) is 43.5. The number of anilines is 2. The topological polar surface area (TPSA) is 76.2 Å². The quantitative estimate of drug-likeness (QED) is 0.124. The molecule has 0 unspecified atom stereocenters. The van der Waals surface area contributed by atoms with Crippen molar-refractivity contribution in [3.8, 4) is 28.3 Å². The Labute approximate surface area is 348 Å². The molecule has 8 rings (SSSR count). The van der Waals surface area contributed by atoms with E-state index in [0.29, 0.717) is 11.3 Å². The van der Waals surface area contributed by atoms with Gasteiger partial charge < -0.3 is 19.8 Å². The first-order chi connectivity index (χ1) is 29.8. The molecular weight excluding hydrogens is 853 g/mol. The summed E-state index contributed by atoms with van der Waals surface area (Å²) in [5.74, 6) is -7.27. The first-order valence-electron chi connectivity index (χ1n) is 18.2. The highest BCUT2D eigenvalue weighted by Gasteiger charge is 2.37. The number of nitrogens with one attached hydrogen (secondary N) is 2. The van der Waals surface area contributed by atoms with Crippen molar-refractivity contribution in [3.63, 3.8) is 0 Å². The average molecular weight is 881 g/mol. The van der Waals surface area contributed by atoms with E-state index in [2.05, 4.69) is 10.6 Å². The number of methoxy groups -OCH3 is 1. The molecule has 0 fully saturated rings. The summed E-state index contributed by atoms with van der Waals surface area (Å²) in [4.78, 5) is 24.4. The molecule has 0 saturated carbocycles. The number of amides is 2. The van der Waals surface area contributed by atoms with Crippen LogP contribution in [0.3, 0.4) is 0 Å². The van der Waals surface area contributed by atoms with Gasteiger partial charge in [-0.3, -0.25) is 14.0 Å². The van der Waals surface area contributed by atoms with Gasteiger partial charge in [-0.25, -0.2) is 17.6 Å². The van der Waals surface area contributed by atoms with Crippen LogP contribution in [0.2, 0.25) is 0 Å². The smallest absolute Gasteiger partial charge is 0.418 e. The van der Waals surface area contributed by atoms with Gasteiger partial charge in [0.05, 0.1) is 46.9 Å². The third-order valence-electron chi connectivity index (χ3n) is 9.56. The molecule has 0 aliphatic rings. The van der Waals surface area contributed by atoms with E-state index in [1.807, 2.05) is 0 Å². The SMILES string of the molecule is COc1ccc2cc(C(F)(F)F)c(-c3ccc(NC(=O)c4cccc(F)c4F)cc3)n2c1.O=C(Nc1ccc(-c2c(C(F)(F)F)cc3cccc(F)n23)cc1)c1cccc(F)c1F. The highest BCUT2D eigenvalue weighted by Crippen LogP contribution is 2.41. The molecule has 2 amide bonds. The van der Waals surface area contributed by atoms with Gasteiger partial charge in [0.15, 0.2) is 29.2 Å². The number of hydrogen-bond donors (Lipinski definition) is 2. The number of benzene rings is 4. The van der Waals surface area contributed by atoms with Gasteiger partial charge in [0.1, 0.15) is 5.75 Å². The second-order valence-electron chi connectivity index (χ2n) is 13.5. The number of alkyl halides is 6. The molecule has 4 aromatic heterocycles. The van der Waals surface area contributed by atoms with Gasteiger partial charge in [0.2, 0.25) is 0 Å². The van der Waals surface area contributed by atoms with Crippen molar-refractivity contribution in [2.24, 2.45) is 0 Å². The third kappa shape index (κ3) is 8.91. The van der Waals surface area contributed by atoms with Crippen molar-refractivity contribution in [2.45, 2.75) is 12.4 Å². The summed E-state index contributed by atoms with van der Waals surface area (Å²) in [6.07, 6.45) is -7.88. The molecule has 322 valence electrons. The Balaban J connectivity index is 0.000000189. The highest BCUT2D eigenvalue weighted by molar-refractivity contribution is 6.05. The lowest BCUT2D eigenvalue weighted by atomic mass is 10.1. The van der Waals surface area contributed by atoms with Crippen molar-refractivity contribution >= 4 is 34.2 Å². The Bertz CT molecular complexity index is 3010. The van der Waals surface area contributed by atoms with Crippen LogP contribution in [-0.2, 0) is 12.4 Å². The number of carbonyl (C=O) groups is 2. The van der Waals surface area contributed by atoms with E-state index < -0.39 is 81.3 Å². The number of ether oxygens (including phenoxy) is 1. The summed E-state index contributed by atoms with van der Waals surface area (Å²) in [6, 6.07) is 25.6. The predicted molar refractivity (Wildman–Crippen MR) is 211 cm³/mol. The zero-order valence-electron chi connectivity index (χ0n) is 32.0. The molecule has 8 aromatic rings. The van der Waals surface area contributed by atoms with Crippen LogP contribution in [0.1, 0.15) is 31.8 Å². The molecule has 0 atom stereocenters. The van der Waals surface area contributed by atoms with Crippen LogP contribution in [0.25, 0.3) is 33.5 Å². The van der Waals surface area contributed by atoms with Crippen molar-refractivity contribution in [3.05, 3.63) is 185 Å². The van der Waals surface area contributed by atoms with Crippen molar-refractivity contribution in [1.29, 1.82) is 0 Å². The minimum atomic E-state index is -4.73. The van der Waals surface area contributed by atoms with Gasteiger partial charge in [0, 0.05) is 22.4 Å². The van der Waals surface area contributed by atoms with Crippen LogP contribution in [0.5, 0.6) is 5.75 Å². The summed E-state index contributed by atoms with van der Waals surface area (Å²) >= 11 is 0. The summed E-state index contributed by atoms with van der Waals surface area (Å²) < 4.78 is 158. The molecular formula is C45H27F11N4O3. The fourth-order valence-electron chi connectivity index (χ4n) is 6.64. The molecule has 2 N–H and O–H groups in total. The number of pyridine rings is 2. The molecule has 0 radical (unpaired) electrons. The maximum atomic E-state index is 14.3. The van der Waals surface area contributed by atoms with Crippen LogP contribution in [0.15, 0.2) is 134 Å². The zero-order chi connectivity index (χ0) is 45.4. The van der Waals surface area contributed by atoms with E-state index >= 15 is 0 Å². The summed E-state index contributed by atoms with van der Waals surface area (Å²) in [5.41, 5.74) is -2.38. The zero-order valence-corrected chi connectivity index (χ0v) is 32.0. The van der Waals surface area contributed by atoms with Gasteiger partial charge in [0.25, 0.3) is 11.8 Å². The second kappa shape index (κ2) is 17.0. The van der Waals surface area contributed by atoms with Gasteiger partial charge in [-0.05, 0) is 96.1 Å². The Kier molecular flexibility index (Phi) is 11.7. The standard InChI is InChI=1S/C23H15F5N2O2.C22H12F6N2O/c1-32-16-10-9-15-11-18(23(26,27)28)21(30(15)12-16)13-5-7-14(8-6-13)29-22(31)17-3-2-4-19(24)20(17)25;23-17-5-2-4-15(19(17)25)21(31)29-13-9-7-12(8-10-13)20-16(22(26,27)28)11-14-3-1-6-18(24)30(14)20/h2-12H,1H3,(H,29,31);1-11H,(H,29,31). The lowest BCUT2D eigenvalue weighted by Crippen LogP contribution is -2.14. The van der Waals surface area contributed by atoms with Crippen LogP contribution in [0.4, 0.5) is 59.7 Å². The van der Waals surface area contributed by atoms with E-state index in [1.54, 1.807) is 6.07 Å². The molecule has 18 heteroatoms. The largest absolute Gasteiger partial charge is 0.495 e. The third-order valence-corrected chi connectivity index (χ3v) is 9.56. The molecule has 0 spiro atoms. The molecule has 0 bridgehead atoms. The summed E-state index contributed by atoms with van der Waals surface area (Å²) in [7, 11) is 1.41. The van der Waals surface area contributed by atoms with Crippen molar-refractivity contribution in [2.75, 3.05) is 17.7 Å². The summed E-state index contributed by atoms with van der Waals surface area (Å²) in [5, 5.41) is 4.75. The van der Waals surface area contributed by atoms with Crippen LogP contribution >= 0.6 is 0 Å². The fraction of sp³-hybridized carbons (Fsp3) is 0.0667. The van der Waals surface area contributed by atoms with E-state index in [9.17, 15) is 57.9 Å². The van der Waals surface area contributed by atoms with E-state index in [4.69, 9.17) is 4.74 Å². The number of carbonyl (C=O) groups excluding carboxylic acids is 2. The average Bonchev–Trinajstić information content (AvgIpc) is 3.84. The number of rotatable bonds is 7. The van der Waals surface area contributed by atoms with Crippen LogP contribution in [-0.4, -0.2) is 27.7 Å². The van der Waals surface area contributed by atoms with Crippen molar-refractivity contribution in [1.82, 2.24) is 8.80 Å². The molecule has 7 nitrogen and oxygen atoms in total. The van der Waals surface area contributed by atoms with Gasteiger partial charge in [-0.1, -0.05) is 42.5 Å². The van der Waals surface area contributed by atoms with Gasteiger partial charge >= 0.3 is 12.4 Å². The van der Waals surface area contributed by atoms with Crippen LogP contribution in [0, 0.1) is 29.2 Å². The monoisotopic (exact) mass is 880 g/mol. The number of aromatic nitrogens is 2. The predicted octanol–water partition coefficient (Wildman–Crippen LogP) is 12.5. The molecule has 0 aliphatic heterocycles. The van der Waals surface area contributed by atoms with Crippen LogP contribution < -0.4 is 15.4 Å². The molecule has 0 saturated heterocycles. The summed E-state index contributed by atoms with van der Waals surface area (Å²) in [6.45, 7) is 0. The number of halogens is 11. The van der Waals surface area contributed by atoms with E-state index in [0.717, 1.165) is 46.9 Å². The Morgan fingerprint density at radius 1 is 0.540 bits per heavy atom. The minimum absolute atomic E-state index is 0.0290. The molecule has 0 aliphatic carbocycles. The Morgan fingerprint density at radius 3 is 1.49 bits per heavy atom. The molecule has 63 heavy (non-hydrogen) atoms. The molecule has 4 aromatic carbocycles. The second-order valence-corrected chi connectivity index (χ2v) is 13.5. The Hall–Kier alpha value is -7.63. The normalized spacial score (nSPS) is 11.6.